The van der Waals surface area contributed by atoms with Gasteiger partial charge in [-0.05, 0) is 17.2 Å². The van der Waals surface area contributed by atoms with E-state index in [2.05, 4.69) is 4.89 Å². The maximum atomic E-state index is 8.85. The fourth-order valence-corrected chi connectivity index (χ4v) is 2.61. The van der Waals surface area contributed by atoms with Crippen molar-refractivity contribution >= 4 is 0 Å². The zero-order valence-corrected chi connectivity index (χ0v) is 13.9. The first-order valence-corrected chi connectivity index (χ1v) is 8.26. The Bertz CT molecular complexity index is 644. The third-order valence-electron chi connectivity index (χ3n) is 3.92. The van der Waals surface area contributed by atoms with Crippen molar-refractivity contribution in [2.75, 3.05) is 6.61 Å². The molecule has 3 rings (SSSR count). The molecule has 0 aliphatic carbocycles. The molecule has 0 saturated heterocycles. The zero-order chi connectivity index (χ0) is 17.3. The molecule has 1 aliphatic heterocycles. The molecule has 2 aromatic carbocycles. The molecule has 25 heavy (non-hydrogen) atoms. The molecule has 0 amide bonds. The molecular formula is C20H22O5. The van der Waals surface area contributed by atoms with Crippen LogP contribution in [0.2, 0.25) is 0 Å². The molecule has 0 bridgehead atoms. The van der Waals surface area contributed by atoms with Gasteiger partial charge in [0.1, 0.15) is 12.2 Å². The predicted octanol–water partition coefficient (Wildman–Crippen LogP) is 3.56. The summed E-state index contributed by atoms with van der Waals surface area (Å²) in [5, 5.41) is 8.85. The van der Waals surface area contributed by atoms with E-state index in [0.29, 0.717) is 19.8 Å². The Morgan fingerprint density at radius 3 is 2.12 bits per heavy atom. The topological polar surface area (TPSA) is 57.2 Å². The van der Waals surface area contributed by atoms with Crippen LogP contribution in [0, 0.1) is 0 Å². The van der Waals surface area contributed by atoms with Crippen molar-refractivity contribution in [2.45, 2.75) is 31.7 Å². The third-order valence-corrected chi connectivity index (χ3v) is 3.92. The Morgan fingerprint density at radius 1 is 0.840 bits per heavy atom. The average molecular weight is 342 g/mol. The van der Waals surface area contributed by atoms with Crippen LogP contribution in [0.25, 0.3) is 0 Å². The van der Waals surface area contributed by atoms with Crippen LogP contribution in [0.15, 0.2) is 72.8 Å². The molecule has 2 aromatic rings. The van der Waals surface area contributed by atoms with Gasteiger partial charge in [-0.15, -0.1) is 0 Å². The molecule has 1 aliphatic rings. The summed E-state index contributed by atoms with van der Waals surface area (Å²) in [6, 6.07) is 19.9. The van der Waals surface area contributed by atoms with Crippen LogP contribution in [-0.4, -0.2) is 30.4 Å². The van der Waals surface area contributed by atoms with Crippen LogP contribution in [0.5, 0.6) is 0 Å². The van der Waals surface area contributed by atoms with Gasteiger partial charge in [-0.1, -0.05) is 66.7 Å². The third kappa shape index (κ3) is 5.49. The minimum atomic E-state index is -0.804. The molecule has 0 aromatic heterocycles. The largest absolute Gasteiger partial charge is 0.374 e. The highest BCUT2D eigenvalue weighted by atomic mass is 17.1. The van der Waals surface area contributed by atoms with Gasteiger partial charge in [0.2, 0.25) is 6.29 Å². The first-order chi connectivity index (χ1) is 12.3. The van der Waals surface area contributed by atoms with Crippen molar-refractivity contribution < 1.29 is 24.4 Å². The van der Waals surface area contributed by atoms with Gasteiger partial charge in [0.05, 0.1) is 19.8 Å². The molecule has 0 unspecified atom stereocenters. The van der Waals surface area contributed by atoms with Crippen LogP contribution in [-0.2, 0) is 32.3 Å². The smallest absolute Gasteiger partial charge is 0.210 e. The van der Waals surface area contributed by atoms with Gasteiger partial charge in [-0.2, -0.15) is 0 Å². The van der Waals surface area contributed by atoms with E-state index in [1.165, 1.54) is 0 Å². The van der Waals surface area contributed by atoms with Crippen molar-refractivity contribution in [2.24, 2.45) is 0 Å². The van der Waals surface area contributed by atoms with Gasteiger partial charge < -0.3 is 14.2 Å². The Kier molecular flexibility index (Phi) is 6.73. The first-order valence-electron chi connectivity index (χ1n) is 8.26. The standard InChI is InChI=1S/C20H22O5/c21-25-20-12-11-18(23-14-17-9-5-2-6-10-17)19(24-20)15-22-13-16-7-3-1-4-8-16/h1-12,18-21H,13-15H2/t18-,19+,20+/m0/s1. The Balaban J connectivity index is 1.54. The Morgan fingerprint density at radius 2 is 1.48 bits per heavy atom. The molecule has 1 heterocycles. The molecule has 3 atom stereocenters. The monoisotopic (exact) mass is 342 g/mol. The van der Waals surface area contributed by atoms with E-state index < -0.39 is 6.29 Å². The second-order valence-corrected chi connectivity index (χ2v) is 5.80. The SMILES string of the molecule is OO[C@@H]1C=C[C@H](OCc2ccccc2)[C@@H](COCc2ccccc2)O1. The fraction of sp³-hybridized carbons (Fsp3) is 0.300. The second kappa shape index (κ2) is 9.46. The quantitative estimate of drug-likeness (QED) is 0.452. The number of benzene rings is 2. The lowest BCUT2D eigenvalue weighted by Gasteiger charge is -2.30. The van der Waals surface area contributed by atoms with Crippen LogP contribution < -0.4 is 0 Å². The van der Waals surface area contributed by atoms with Gasteiger partial charge in [-0.3, -0.25) is 0 Å². The summed E-state index contributed by atoms with van der Waals surface area (Å²) in [7, 11) is 0. The highest BCUT2D eigenvalue weighted by Crippen LogP contribution is 2.19. The summed E-state index contributed by atoms with van der Waals surface area (Å²) < 4.78 is 17.4. The lowest BCUT2D eigenvalue weighted by molar-refractivity contribution is -0.347. The van der Waals surface area contributed by atoms with Crippen LogP contribution in [0.4, 0.5) is 0 Å². The summed E-state index contributed by atoms with van der Waals surface area (Å²) >= 11 is 0. The van der Waals surface area contributed by atoms with Crippen molar-refractivity contribution in [3.63, 3.8) is 0 Å². The van der Waals surface area contributed by atoms with Crippen molar-refractivity contribution in [1.29, 1.82) is 0 Å². The number of ether oxygens (including phenoxy) is 3. The van der Waals surface area contributed by atoms with Crippen LogP contribution >= 0.6 is 0 Å². The lowest BCUT2D eigenvalue weighted by atomic mass is 10.1. The van der Waals surface area contributed by atoms with Gasteiger partial charge in [0.15, 0.2) is 0 Å². The van der Waals surface area contributed by atoms with E-state index >= 15 is 0 Å². The molecule has 0 fully saturated rings. The molecule has 0 radical (unpaired) electrons. The molecule has 132 valence electrons. The van der Waals surface area contributed by atoms with Gasteiger partial charge in [-0.25, -0.2) is 10.1 Å². The van der Waals surface area contributed by atoms with Crippen molar-refractivity contribution in [1.82, 2.24) is 0 Å². The highest BCUT2D eigenvalue weighted by molar-refractivity contribution is 5.14. The second-order valence-electron chi connectivity index (χ2n) is 5.80. The van der Waals surface area contributed by atoms with E-state index in [9.17, 15) is 0 Å². The fourth-order valence-electron chi connectivity index (χ4n) is 2.61. The number of hydrogen-bond acceptors (Lipinski definition) is 5. The van der Waals surface area contributed by atoms with Gasteiger partial charge >= 0.3 is 0 Å². The predicted molar refractivity (Wildman–Crippen MR) is 92.6 cm³/mol. The van der Waals surface area contributed by atoms with Crippen molar-refractivity contribution in [3.05, 3.63) is 83.9 Å². The lowest BCUT2D eigenvalue weighted by Crippen LogP contribution is -2.40. The van der Waals surface area contributed by atoms with Gasteiger partial charge in [0.25, 0.3) is 0 Å². The minimum Gasteiger partial charge on any atom is -0.374 e. The molecule has 5 nitrogen and oxygen atoms in total. The molecule has 0 spiro atoms. The van der Waals surface area contributed by atoms with E-state index in [0.717, 1.165) is 11.1 Å². The summed E-state index contributed by atoms with van der Waals surface area (Å²) in [5.41, 5.74) is 2.17. The Hall–Kier alpha value is -2.02. The number of hydrogen-bond donors (Lipinski definition) is 1. The van der Waals surface area contributed by atoms with E-state index in [4.69, 9.17) is 19.5 Å². The minimum absolute atomic E-state index is 0.276. The molecule has 0 saturated carbocycles. The molecule has 5 heteroatoms. The summed E-state index contributed by atoms with van der Waals surface area (Å²) in [6.07, 6.45) is 2.02. The van der Waals surface area contributed by atoms with Crippen molar-refractivity contribution in [3.8, 4) is 0 Å². The summed E-state index contributed by atoms with van der Waals surface area (Å²) in [5.74, 6) is 0. The molecular weight excluding hydrogens is 320 g/mol. The maximum absolute atomic E-state index is 8.85. The van der Waals surface area contributed by atoms with Gasteiger partial charge in [0, 0.05) is 0 Å². The zero-order valence-electron chi connectivity index (χ0n) is 13.9. The summed E-state index contributed by atoms with van der Waals surface area (Å²) in [4.78, 5) is 4.28. The molecule has 1 N–H and O–H groups in total. The normalized spacial score (nSPS) is 22.8. The number of rotatable bonds is 8. The Labute approximate surface area is 147 Å². The van der Waals surface area contributed by atoms with E-state index in [1.54, 1.807) is 6.08 Å². The first kappa shape index (κ1) is 17.8. The average Bonchev–Trinajstić information content (AvgIpc) is 2.68. The highest BCUT2D eigenvalue weighted by Gasteiger charge is 2.29. The van der Waals surface area contributed by atoms with E-state index in [-0.39, 0.29) is 12.2 Å². The summed E-state index contributed by atoms with van der Waals surface area (Å²) in [6.45, 7) is 1.29. The van der Waals surface area contributed by atoms with E-state index in [1.807, 2.05) is 66.7 Å². The van der Waals surface area contributed by atoms with Crippen LogP contribution in [0.3, 0.4) is 0 Å². The maximum Gasteiger partial charge on any atom is 0.210 e. The van der Waals surface area contributed by atoms with Crippen LogP contribution in [0.1, 0.15) is 11.1 Å².